The number of carbonyl (C=O) groups excluding carboxylic acids is 1. The zero-order valence-electron chi connectivity index (χ0n) is 10.5. The average molecular weight is 334 g/mol. The molecule has 0 N–H and O–H groups in total. The molecule has 0 bridgehead atoms. The van der Waals surface area contributed by atoms with Crippen molar-refractivity contribution in [3.05, 3.63) is 29.9 Å². The van der Waals surface area contributed by atoms with E-state index >= 15 is 0 Å². The molecule has 0 aromatic carbocycles. The summed E-state index contributed by atoms with van der Waals surface area (Å²) in [5, 5.41) is 0. The minimum Gasteiger partial charge on any atom is -0.465 e. The minimum atomic E-state index is -5.19. The van der Waals surface area contributed by atoms with E-state index < -0.39 is 37.7 Å². The van der Waals surface area contributed by atoms with E-state index in [4.69, 9.17) is 4.42 Å². The second-order valence-corrected chi connectivity index (χ2v) is 3.50. The smallest absolute Gasteiger partial charge is 0.465 e. The van der Waals surface area contributed by atoms with E-state index in [1.54, 1.807) is 0 Å². The van der Waals surface area contributed by atoms with Crippen LogP contribution in [0, 0.1) is 0 Å². The predicted octanol–water partition coefficient (Wildman–Crippen LogP) is 3.24. The third-order valence-corrected chi connectivity index (χ3v) is 1.83. The molecule has 1 aromatic rings. The zero-order chi connectivity index (χ0) is 16.8. The van der Waals surface area contributed by atoms with E-state index in [0.29, 0.717) is 6.08 Å². The summed E-state index contributed by atoms with van der Waals surface area (Å²) in [4.78, 5) is 11.4. The highest BCUT2D eigenvalue weighted by atomic mass is 19.4. The standard InChI is InChI=1S/C11H8F6O5/c12-10(13,14)21-5-4-20-9(18)8(22-11(15,16)17)6-7-2-1-3-19-7/h1-3,6H,4-5H2/b8-6-. The summed E-state index contributed by atoms with van der Waals surface area (Å²) in [6.45, 7) is -2.00. The van der Waals surface area contributed by atoms with Crippen LogP contribution in [-0.2, 0) is 19.0 Å². The Hall–Kier alpha value is -2.17. The van der Waals surface area contributed by atoms with Gasteiger partial charge in [0.2, 0.25) is 5.76 Å². The summed E-state index contributed by atoms with van der Waals surface area (Å²) >= 11 is 0. The van der Waals surface area contributed by atoms with Crippen LogP contribution < -0.4 is 0 Å². The van der Waals surface area contributed by atoms with Crippen LogP contribution in [0.4, 0.5) is 26.3 Å². The summed E-state index contributed by atoms with van der Waals surface area (Å²) in [7, 11) is 0. The molecule has 0 spiro atoms. The fraction of sp³-hybridized carbons (Fsp3) is 0.364. The van der Waals surface area contributed by atoms with E-state index in [0.717, 1.165) is 6.26 Å². The first-order valence-corrected chi connectivity index (χ1v) is 5.45. The van der Waals surface area contributed by atoms with Gasteiger partial charge in [0.15, 0.2) is 0 Å². The summed E-state index contributed by atoms with van der Waals surface area (Å²) < 4.78 is 87.1. The van der Waals surface area contributed by atoms with Gasteiger partial charge in [0.1, 0.15) is 12.4 Å². The number of halogens is 6. The molecule has 0 saturated carbocycles. The fourth-order valence-corrected chi connectivity index (χ4v) is 1.12. The van der Waals surface area contributed by atoms with E-state index in [2.05, 4.69) is 14.2 Å². The molecule has 0 aliphatic carbocycles. The zero-order valence-corrected chi connectivity index (χ0v) is 10.5. The Morgan fingerprint density at radius 1 is 1.14 bits per heavy atom. The summed E-state index contributed by atoms with van der Waals surface area (Å²) in [6, 6.07) is 2.55. The molecule has 0 aliphatic heterocycles. The fourth-order valence-electron chi connectivity index (χ4n) is 1.12. The summed E-state index contributed by atoms with van der Waals surface area (Å²) in [5.41, 5.74) is 0. The first-order chi connectivity index (χ1) is 10.1. The lowest BCUT2D eigenvalue weighted by Gasteiger charge is -2.12. The Kier molecular flexibility index (Phi) is 5.85. The number of esters is 1. The lowest BCUT2D eigenvalue weighted by Crippen LogP contribution is -2.22. The van der Waals surface area contributed by atoms with Crippen molar-refractivity contribution in [3.8, 4) is 0 Å². The van der Waals surface area contributed by atoms with Crippen molar-refractivity contribution >= 4 is 12.0 Å². The van der Waals surface area contributed by atoms with E-state index in [9.17, 15) is 31.1 Å². The molecular formula is C11H8F6O5. The molecular weight excluding hydrogens is 326 g/mol. The molecule has 11 heteroatoms. The molecule has 22 heavy (non-hydrogen) atoms. The number of carbonyl (C=O) groups is 1. The van der Waals surface area contributed by atoms with Crippen LogP contribution in [0.5, 0.6) is 0 Å². The number of ether oxygens (including phenoxy) is 3. The molecule has 0 aliphatic rings. The van der Waals surface area contributed by atoms with Crippen molar-refractivity contribution in [2.45, 2.75) is 12.7 Å². The number of hydrogen-bond acceptors (Lipinski definition) is 5. The molecule has 0 saturated heterocycles. The summed E-state index contributed by atoms with van der Waals surface area (Å²) in [6.07, 6.45) is -8.43. The maximum absolute atomic E-state index is 12.2. The third kappa shape index (κ3) is 7.57. The van der Waals surface area contributed by atoms with Gasteiger partial charge in [-0.2, -0.15) is 0 Å². The first kappa shape index (κ1) is 17.9. The van der Waals surface area contributed by atoms with Gasteiger partial charge in [0, 0.05) is 6.08 Å². The Balaban J connectivity index is 2.65. The number of rotatable bonds is 6. The lowest BCUT2D eigenvalue weighted by atomic mass is 10.3. The Morgan fingerprint density at radius 3 is 2.32 bits per heavy atom. The van der Waals surface area contributed by atoms with Gasteiger partial charge in [-0.3, -0.25) is 4.74 Å². The van der Waals surface area contributed by atoms with Crippen molar-refractivity contribution < 1.29 is 49.8 Å². The second kappa shape index (κ2) is 7.20. The van der Waals surface area contributed by atoms with Gasteiger partial charge in [0.25, 0.3) is 0 Å². The van der Waals surface area contributed by atoms with Gasteiger partial charge in [-0.1, -0.05) is 0 Å². The highest BCUT2D eigenvalue weighted by Crippen LogP contribution is 2.23. The largest absolute Gasteiger partial charge is 0.573 e. The minimum absolute atomic E-state index is 0.150. The third-order valence-electron chi connectivity index (χ3n) is 1.83. The van der Waals surface area contributed by atoms with Crippen molar-refractivity contribution in [1.29, 1.82) is 0 Å². The molecule has 1 aromatic heterocycles. The molecule has 5 nitrogen and oxygen atoms in total. The van der Waals surface area contributed by atoms with Crippen molar-refractivity contribution in [2.24, 2.45) is 0 Å². The van der Waals surface area contributed by atoms with Gasteiger partial charge in [-0.25, -0.2) is 4.79 Å². The van der Waals surface area contributed by atoms with Crippen molar-refractivity contribution in [2.75, 3.05) is 13.2 Å². The quantitative estimate of drug-likeness (QED) is 0.263. The topological polar surface area (TPSA) is 57.9 Å². The summed E-state index contributed by atoms with van der Waals surface area (Å²) in [5.74, 6) is -3.07. The number of alkyl halides is 6. The molecule has 0 fully saturated rings. The normalized spacial score (nSPS) is 13.1. The predicted molar refractivity (Wildman–Crippen MR) is 56.8 cm³/mol. The molecule has 1 heterocycles. The molecule has 0 amide bonds. The van der Waals surface area contributed by atoms with Gasteiger partial charge in [-0.15, -0.1) is 26.3 Å². The van der Waals surface area contributed by atoms with Crippen LogP contribution in [0.25, 0.3) is 6.08 Å². The number of hydrogen-bond donors (Lipinski definition) is 0. The van der Waals surface area contributed by atoms with E-state index in [-0.39, 0.29) is 5.76 Å². The van der Waals surface area contributed by atoms with Gasteiger partial charge in [-0.05, 0) is 12.1 Å². The lowest BCUT2D eigenvalue weighted by molar-refractivity contribution is -0.326. The Morgan fingerprint density at radius 2 is 1.82 bits per heavy atom. The van der Waals surface area contributed by atoms with E-state index in [1.165, 1.54) is 12.1 Å². The molecule has 124 valence electrons. The Bertz CT molecular complexity index is 502. The van der Waals surface area contributed by atoms with E-state index in [1.807, 2.05) is 0 Å². The van der Waals surface area contributed by atoms with Crippen molar-refractivity contribution in [3.63, 3.8) is 0 Å². The van der Waals surface area contributed by atoms with Crippen LogP contribution in [0.15, 0.2) is 28.6 Å². The monoisotopic (exact) mass is 334 g/mol. The highest BCUT2D eigenvalue weighted by molar-refractivity contribution is 5.91. The molecule has 0 unspecified atom stereocenters. The van der Waals surface area contributed by atoms with Crippen LogP contribution in [0.3, 0.4) is 0 Å². The van der Waals surface area contributed by atoms with Gasteiger partial charge >= 0.3 is 18.7 Å². The number of furan rings is 1. The molecule has 1 rings (SSSR count). The highest BCUT2D eigenvalue weighted by Gasteiger charge is 2.35. The molecule has 0 atom stereocenters. The second-order valence-electron chi connectivity index (χ2n) is 3.50. The van der Waals surface area contributed by atoms with Gasteiger partial charge in [0.05, 0.1) is 12.9 Å². The SMILES string of the molecule is O=C(OCCOC(F)(F)F)/C(=C/c1ccco1)OC(F)(F)F. The van der Waals surface area contributed by atoms with Crippen LogP contribution in [0.2, 0.25) is 0 Å². The van der Waals surface area contributed by atoms with Crippen LogP contribution >= 0.6 is 0 Å². The average Bonchev–Trinajstić information content (AvgIpc) is 2.83. The van der Waals surface area contributed by atoms with Crippen molar-refractivity contribution in [1.82, 2.24) is 0 Å². The first-order valence-electron chi connectivity index (χ1n) is 5.45. The van der Waals surface area contributed by atoms with Crippen LogP contribution in [-0.4, -0.2) is 31.9 Å². The Labute approximate surface area is 119 Å². The molecule has 0 radical (unpaired) electrons. The maximum atomic E-state index is 12.2. The maximum Gasteiger partial charge on any atom is 0.573 e. The van der Waals surface area contributed by atoms with Crippen LogP contribution in [0.1, 0.15) is 5.76 Å². The van der Waals surface area contributed by atoms with Gasteiger partial charge < -0.3 is 13.9 Å².